The van der Waals surface area contributed by atoms with Crippen LogP contribution in [0.2, 0.25) is 0 Å². The Morgan fingerprint density at radius 2 is 1.66 bits per heavy atom. The lowest BCUT2D eigenvalue weighted by Gasteiger charge is -2.24. The van der Waals surface area contributed by atoms with Gasteiger partial charge in [-0.3, -0.25) is 9.59 Å². The minimum Gasteiger partial charge on any atom is -0.351 e. The molecule has 0 saturated carbocycles. The summed E-state index contributed by atoms with van der Waals surface area (Å²) in [5.41, 5.74) is 2.93. The van der Waals surface area contributed by atoms with E-state index in [9.17, 15) is 9.59 Å². The first-order valence-corrected chi connectivity index (χ1v) is 12.7. The number of benzene rings is 3. The number of amides is 2. The van der Waals surface area contributed by atoms with Crippen LogP contribution in [0.25, 0.3) is 0 Å². The van der Waals surface area contributed by atoms with Gasteiger partial charge in [0.05, 0.1) is 5.75 Å². The molecule has 1 atom stereocenters. The van der Waals surface area contributed by atoms with Gasteiger partial charge in [-0.05, 0) is 41.8 Å². The van der Waals surface area contributed by atoms with E-state index in [4.69, 9.17) is 0 Å². The van der Waals surface area contributed by atoms with E-state index in [0.717, 1.165) is 17.7 Å². The standard InChI is InChI=1S/C26H26N2O2S2/c29-24-19-32-26(28(24)17-15-20-7-3-1-4-8-20)22-13-11-21(12-14-22)25(30)27-16-18-31-23-9-5-2-6-10-23/h1-14,26H,15-19H2,(H,27,30)/t26-/m1/s1. The predicted molar refractivity (Wildman–Crippen MR) is 133 cm³/mol. The molecule has 4 rings (SSSR count). The van der Waals surface area contributed by atoms with E-state index in [2.05, 4.69) is 29.6 Å². The van der Waals surface area contributed by atoms with Crippen LogP contribution in [0.1, 0.15) is 26.9 Å². The number of hydrogen-bond donors (Lipinski definition) is 1. The molecule has 1 aliphatic heterocycles. The van der Waals surface area contributed by atoms with Crippen molar-refractivity contribution in [2.75, 3.05) is 24.6 Å². The summed E-state index contributed by atoms with van der Waals surface area (Å²) in [6.45, 7) is 1.31. The third kappa shape index (κ3) is 5.96. The van der Waals surface area contributed by atoms with Gasteiger partial charge in [0.2, 0.25) is 5.91 Å². The van der Waals surface area contributed by atoms with Gasteiger partial charge in [-0.25, -0.2) is 0 Å². The second-order valence-corrected chi connectivity index (χ2v) is 9.76. The lowest BCUT2D eigenvalue weighted by molar-refractivity contribution is -0.128. The quantitative estimate of drug-likeness (QED) is 0.358. The predicted octanol–water partition coefficient (Wildman–Crippen LogP) is 5.03. The van der Waals surface area contributed by atoms with Crippen LogP contribution in [0.4, 0.5) is 0 Å². The molecule has 1 N–H and O–H groups in total. The summed E-state index contributed by atoms with van der Waals surface area (Å²) in [6.07, 6.45) is 0.838. The maximum absolute atomic E-state index is 12.5. The molecule has 3 aromatic rings. The second-order valence-electron chi connectivity index (χ2n) is 7.53. The minimum absolute atomic E-state index is 0.00518. The Morgan fingerprint density at radius 1 is 0.969 bits per heavy atom. The van der Waals surface area contributed by atoms with Gasteiger partial charge in [0.15, 0.2) is 0 Å². The molecule has 0 spiro atoms. The Bertz CT molecular complexity index is 1030. The average Bonchev–Trinajstić information content (AvgIpc) is 3.22. The highest BCUT2D eigenvalue weighted by Crippen LogP contribution is 2.38. The third-order valence-corrected chi connectivity index (χ3v) is 7.58. The fourth-order valence-corrected chi connectivity index (χ4v) is 5.63. The van der Waals surface area contributed by atoms with E-state index in [1.54, 1.807) is 23.5 Å². The van der Waals surface area contributed by atoms with Crippen LogP contribution in [-0.4, -0.2) is 41.3 Å². The summed E-state index contributed by atoms with van der Waals surface area (Å²) in [5.74, 6) is 1.43. The van der Waals surface area contributed by atoms with Crippen molar-refractivity contribution in [1.29, 1.82) is 0 Å². The van der Waals surface area contributed by atoms with E-state index in [-0.39, 0.29) is 17.2 Å². The Morgan fingerprint density at radius 3 is 2.38 bits per heavy atom. The lowest BCUT2D eigenvalue weighted by Crippen LogP contribution is -2.30. The van der Waals surface area contributed by atoms with Crippen molar-refractivity contribution in [2.45, 2.75) is 16.7 Å². The lowest BCUT2D eigenvalue weighted by atomic mass is 10.1. The van der Waals surface area contributed by atoms with Crippen molar-refractivity contribution >= 4 is 35.3 Å². The molecule has 0 radical (unpaired) electrons. The first-order chi connectivity index (χ1) is 15.7. The Balaban J connectivity index is 1.29. The summed E-state index contributed by atoms with van der Waals surface area (Å²) >= 11 is 3.37. The van der Waals surface area contributed by atoms with E-state index >= 15 is 0 Å². The molecule has 1 fully saturated rings. The zero-order valence-corrected chi connectivity index (χ0v) is 19.4. The monoisotopic (exact) mass is 462 g/mol. The van der Waals surface area contributed by atoms with Crippen molar-refractivity contribution in [3.8, 4) is 0 Å². The zero-order valence-electron chi connectivity index (χ0n) is 17.8. The van der Waals surface area contributed by atoms with Gasteiger partial charge < -0.3 is 10.2 Å². The van der Waals surface area contributed by atoms with E-state index in [0.29, 0.717) is 24.4 Å². The molecule has 4 nitrogen and oxygen atoms in total. The summed E-state index contributed by atoms with van der Waals surface area (Å²) in [5, 5.41) is 2.99. The summed E-state index contributed by atoms with van der Waals surface area (Å²) in [6, 6.07) is 28.1. The van der Waals surface area contributed by atoms with Crippen LogP contribution in [0, 0.1) is 0 Å². The molecular formula is C26H26N2O2S2. The number of carbonyl (C=O) groups excluding carboxylic acids is 2. The largest absolute Gasteiger partial charge is 0.351 e. The third-order valence-electron chi connectivity index (χ3n) is 5.31. The van der Waals surface area contributed by atoms with Gasteiger partial charge >= 0.3 is 0 Å². The normalized spacial score (nSPS) is 15.7. The molecular weight excluding hydrogens is 436 g/mol. The van der Waals surface area contributed by atoms with Crippen LogP contribution in [0.5, 0.6) is 0 Å². The second kappa shape index (κ2) is 11.2. The van der Waals surface area contributed by atoms with Crippen molar-refractivity contribution < 1.29 is 9.59 Å². The molecule has 1 aliphatic rings. The molecule has 0 aliphatic carbocycles. The fraction of sp³-hybridized carbons (Fsp3) is 0.231. The topological polar surface area (TPSA) is 49.4 Å². The molecule has 2 amide bonds. The highest BCUT2D eigenvalue weighted by atomic mass is 32.2. The maximum atomic E-state index is 12.5. The number of hydrogen-bond acceptors (Lipinski definition) is 4. The number of nitrogens with one attached hydrogen (secondary N) is 1. The number of rotatable bonds is 9. The van der Waals surface area contributed by atoms with E-state index < -0.39 is 0 Å². The highest BCUT2D eigenvalue weighted by molar-refractivity contribution is 8.00. The molecule has 0 bridgehead atoms. The van der Waals surface area contributed by atoms with Gasteiger partial charge in [-0.1, -0.05) is 60.7 Å². The highest BCUT2D eigenvalue weighted by Gasteiger charge is 2.32. The smallest absolute Gasteiger partial charge is 0.251 e. The average molecular weight is 463 g/mol. The molecule has 3 aromatic carbocycles. The van der Waals surface area contributed by atoms with Gasteiger partial charge in [0, 0.05) is 29.3 Å². The molecule has 1 saturated heterocycles. The van der Waals surface area contributed by atoms with Crippen LogP contribution in [-0.2, 0) is 11.2 Å². The Hall–Kier alpha value is -2.70. The maximum Gasteiger partial charge on any atom is 0.251 e. The van der Waals surface area contributed by atoms with Crippen LogP contribution in [0.15, 0.2) is 89.8 Å². The van der Waals surface area contributed by atoms with Gasteiger partial charge in [-0.15, -0.1) is 23.5 Å². The van der Waals surface area contributed by atoms with E-state index in [1.165, 1.54) is 10.5 Å². The number of thioether (sulfide) groups is 2. The van der Waals surface area contributed by atoms with Gasteiger partial charge in [0.1, 0.15) is 5.37 Å². The minimum atomic E-state index is -0.0682. The molecule has 6 heteroatoms. The number of carbonyl (C=O) groups is 2. The SMILES string of the molecule is O=C(NCCSc1ccccc1)c1ccc([C@H]2SCC(=O)N2CCc2ccccc2)cc1. The van der Waals surface area contributed by atoms with Crippen LogP contribution >= 0.6 is 23.5 Å². The summed E-state index contributed by atoms with van der Waals surface area (Å²) < 4.78 is 0. The van der Waals surface area contributed by atoms with Crippen molar-refractivity contribution in [3.63, 3.8) is 0 Å². The first kappa shape index (κ1) is 22.5. The van der Waals surface area contributed by atoms with Crippen molar-refractivity contribution in [2.24, 2.45) is 0 Å². The van der Waals surface area contributed by atoms with Crippen molar-refractivity contribution in [3.05, 3.63) is 102 Å². The van der Waals surface area contributed by atoms with Gasteiger partial charge in [-0.2, -0.15) is 0 Å². The van der Waals surface area contributed by atoms with Crippen molar-refractivity contribution in [1.82, 2.24) is 10.2 Å². The summed E-state index contributed by atoms with van der Waals surface area (Å²) in [7, 11) is 0. The molecule has 164 valence electrons. The molecule has 1 heterocycles. The van der Waals surface area contributed by atoms with Gasteiger partial charge in [0.25, 0.3) is 5.91 Å². The van der Waals surface area contributed by atoms with Crippen LogP contribution in [0.3, 0.4) is 0 Å². The zero-order chi connectivity index (χ0) is 22.2. The van der Waals surface area contributed by atoms with E-state index in [1.807, 2.05) is 65.6 Å². The van der Waals surface area contributed by atoms with Crippen LogP contribution < -0.4 is 5.32 Å². The Labute approximate surface area is 197 Å². The first-order valence-electron chi connectivity index (χ1n) is 10.7. The number of nitrogens with zero attached hydrogens (tertiary/aromatic N) is 1. The molecule has 32 heavy (non-hydrogen) atoms. The molecule has 0 unspecified atom stereocenters. The summed E-state index contributed by atoms with van der Waals surface area (Å²) in [4.78, 5) is 28.1. The molecule has 0 aromatic heterocycles. The fourth-order valence-electron chi connectivity index (χ4n) is 3.62. The Kier molecular flexibility index (Phi) is 7.91.